The molecule has 2 fully saturated rings. The lowest BCUT2D eigenvalue weighted by Crippen LogP contribution is -2.53. The highest BCUT2D eigenvalue weighted by Gasteiger charge is 2.51. The van der Waals surface area contributed by atoms with Gasteiger partial charge in [0.1, 0.15) is 0 Å². The van der Waals surface area contributed by atoms with Crippen molar-refractivity contribution in [1.29, 1.82) is 0 Å². The zero-order valence-corrected chi connectivity index (χ0v) is 19.6. The largest absolute Gasteiger partial charge is 0.493 e. The second-order valence-corrected chi connectivity index (χ2v) is 8.97. The molecule has 0 spiro atoms. The van der Waals surface area contributed by atoms with E-state index in [0.29, 0.717) is 11.5 Å². The second kappa shape index (κ2) is 10.0. The minimum Gasteiger partial charge on any atom is -0.493 e. The Morgan fingerprint density at radius 3 is 2.65 bits per heavy atom. The third kappa shape index (κ3) is 4.59. The molecule has 3 atom stereocenters. The van der Waals surface area contributed by atoms with Crippen LogP contribution < -0.4 is 20.1 Å². The number of anilines is 1. The number of hydrogen-bond acceptors (Lipinski definition) is 4. The molecule has 4 rings (SSSR count). The van der Waals surface area contributed by atoms with Gasteiger partial charge in [-0.1, -0.05) is 12.1 Å². The first kappa shape index (κ1) is 24.0. The van der Waals surface area contributed by atoms with Crippen molar-refractivity contribution in [3.63, 3.8) is 0 Å². The summed E-state index contributed by atoms with van der Waals surface area (Å²) in [5, 5.41) is 5.63. The van der Waals surface area contributed by atoms with Gasteiger partial charge in [-0.15, -0.1) is 6.58 Å². The van der Waals surface area contributed by atoms with E-state index < -0.39 is 17.7 Å². The first-order chi connectivity index (χ1) is 16.4. The number of carbonyl (C=O) groups is 1. The van der Waals surface area contributed by atoms with E-state index in [1.54, 1.807) is 14.2 Å². The molecule has 0 aromatic heterocycles. The van der Waals surface area contributed by atoms with Crippen molar-refractivity contribution in [2.45, 2.75) is 43.2 Å². The first-order valence-corrected chi connectivity index (χ1v) is 11.5. The summed E-state index contributed by atoms with van der Waals surface area (Å²) >= 11 is 0. The number of halogens is 2. The molecule has 1 saturated carbocycles. The lowest BCUT2D eigenvalue weighted by atomic mass is 9.65. The number of carbonyl (C=O) groups excluding carboxylic acids is 1. The molecule has 2 aromatic rings. The molecule has 34 heavy (non-hydrogen) atoms. The van der Waals surface area contributed by atoms with Gasteiger partial charge in [0.2, 0.25) is 0 Å². The van der Waals surface area contributed by atoms with Crippen LogP contribution in [0.3, 0.4) is 0 Å². The van der Waals surface area contributed by atoms with E-state index in [2.05, 4.69) is 34.2 Å². The molecular weight excluding hydrogens is 440 g/mol. The molecule has 0 bridgehead atoms. The summed E-state index contributed by atoms with van der Waals surface area (Å²) in [5.74, 6) is -0.541. The highest BCUT2D eigenvalue weighted by atomic mass is 19.2. The summed E-state index contributed by atoms with van der Waals surface area (Å²) in [4.78, 5) is 15.0. The first-order valence-electron chi connectivity index (χ1n) is 11.5. The number of amides is 2. The lowest BCUT2D eigenvalue weighted by molar-refractivity contribution is 0.145. The van der Waals surface area contributed by atoms with Crippen LogP contribution in [0, 0.1) is 11.6 Å². The Morgan fingerprint density at radius 1 is 1.15 bits per heavy atom. The van der Waals surface area contributed by atoms with Crippen LogP contribution in [0.2, 0.25) is 0 Å². The Kier molecular flexibility index (Phi) is 7.07. The van der Waals surface area contributed by atoms with Crippen LogP contribution in [-0.4, -0.2) is 50.3 Å². The van der Waals surface area contributed by atoms with Crippen LogP contribution in [0.4, 0.5) is 19.3 Å². The molecule has 1 heterocycles. The second-order valence-electron chi connectivity index (χ2n) is 8.97. The van der Waals surface area contributed by atoms with E-state index in [9.17, 15) is 13.6 Å². The van der Waals surface area contributed by atoms with Crippen molar-refractivity contribution in [3.05, 3.63) is 66.3 Å². The summed E-state index contributed by atoms with van der Waals surface area (Å²) < 4.78 is 37.6. The Bertz CT molecular complexity index is 1060. The number of urea groups is 1. The number of fused-ring (bicyclic) bond motifs is 1. The fourth-order valence-corrected chi connectivity index (χ4v) is 5.57. The van der Waals surface area contributed by atoms with Crippen molar-refractivity contribution in [2.75, 3.05) is 32.6 Å². The van der Waals surface area contributed by atoms with Gasteiger partial charge in [-0.05, 0) is 62.1 Å². The normalized spacial score (nSPS) is 24.2. The summed E-state index contributed by atoms with van der Waals surface area (Å²) in [5.41, 5.74) is 1.37. The van der Waals surface area contributed by atoms with E-state index in [-0.39, 0.29) is 23.2 Å². The van der Waals surface area contributed by atoms with Gasteiger partial charge in [0.15, 0.2) is 23.1 Å². The minimum atomic E-state index is -0.999. The van der Waals surface area contributed by atoms with Gasteiger partial charge in [-0.25, -0.2) is 13.6 Å². The molecule has 1 saturated heterocycles. The van der Waals surface area contributed by atoms with Gasteiger partial charge in [0, 0.05) is 35.8 Å². The molecule has 2 amide bonds. The zero-order valence-electron chi connectivity index (χ0n) is 19.6. The topological polar surface area (TPSA) is 62.8 Å². The SMILES string of the molecule is C=CCN1CC[C@]2(c3ccc(OC)c(OC)c3)CC[C@H](NC(=O)Nc3ccc(F)c(F)c3)C[C@@H]12. The number of ether oxygens (including phenoxy) is 2. The highest BCUT2D eigenvalue weighted by molar-refractivity contribution is 5.89. The molecule has 0 unspecified atom stereocenters. The van der Waals surface area contributed by atoms with Gasteiger partial charge in [-0.2, -0.15) is 0 Å². The predicted molar refractivity (Wildman–Crippen MR) is 128 cm³/mol. The van der Waals surface area contributed by atoms with Gasteiger partial charge in [0.25, 0.3) is 0 Å². The molecule has 1 aliphatic carbocycles. The van der Waals surface area contributed by atoms with Crippen molar-refractivity contribution < 1.29 is 23.0 Å². The highest BCUT2D eigenvalue weighted by Crippen LogP contribution is 2.50. The third-order valence-electron chi connectivity index (χ3n) is 7.21. The minimum absolute atomic E-state index is 0.0472. The molecular formula is C26H31F2N3O3. The summed E-state index contributed by atoms with van der Waals surface area (Å²) in [6.07, 6.45) is 5.40. The third-order valence-corrected chi connectivity index (χ3v) is 7.21. The molecule has 2 aliphatic rings. The molecule has 0 radical (unpaired) electrons. The number of hydrogen-bond donors (Lipinski definition) is 2. The standard InChI is InChI=1S/C26H31F2N3O3/c1-4-12-31-13-11-26(17-5-8-22(33-2)23(14-17)34-3)10-9-19(16-24(26)31)30-25(32)29-18-6-7-20(27)21(28)15-18/h4-8,14-15,19,24H,1,9-13,16H2,2-3H3,(H2,29,30,32)/t19-,24+,26-/m0/s1. The Balaban J connectivity index is 1.52. The van der Waals surface area contributed by atoms with E-state index in [1.807, 2.05) is 12.1 Å². The monoisotopic (exact) mass is 471 g/mol. The van der Waals surface area contributed by atoms with Crippen molar-refractivity contribution in [3.8, 4) is 11.5 Å². The van der Waals surface area contributed by atoms with Crippen LogP contribution >= 0.6 is 0 Å². The van der Waals surface area contributed by atoms with Crippen LogP contribution in [0.5, 0.6) is 11.5 Å². The van der Waals surface area contributed by atoms with E-state index in [0.717, 1.165) is 50.9 Å². The fourth-order valence-electron chi connectivity index (χ4n) is 5.57. The van der Waals surface area contributed by atoms with Crippen LogP contribution in [-0.2, 0) is 5.41 Å². The van der Waals surface area contributed by atoms with Crippen molar-refractivity contribution >= 4 is 11.7 Å². The smallest absolute Gasteiger partial charge is 0.319 e. The molecule has 1 aliphatic heterocycles. The van der Waals surface area contributed by atoms with Gasteiger partial charge < -0.3 is 20.1 Å². The molecule has 6 nitrogen and oxygen atoms in total. The lowest BCUT2D eigenvalue weighted by Gasteiger charge is -2.45. The van der Waals surface area contributed by atoms with E-state index >= 15 is 0 Å². The summed E-state index contributed by atoms with van der Waals surface area (Å²) in [6.45, 7) is 5.63. The fraction of sp³-hybridized carbons (Fsp3) is 0.423. The average Bonchev–Trinajstić information content (AvgIpc) is 3.20. The molecule has 2 N–H and O–H groups in total. The Morgan fingerprint density at radius 2 is 1.94 bits per heavy atom. The van der Waals surface area contributed by atoms with Gasteiger partial charge in [-0.3, -0.25) is 4.90 Å². The summed E-state index contributed by atoms with van der Waals surface area (Å²) in [6, 6.07) is 9.19. The zero-order chi connectivity index (χ0) is 24.3. The Hall–Kier alpha value is -3.13. The number of likely N-dealkylation sites (tertiary alicyclic amines) is 1. The van der Waals surface area contributed by atoms with Crippen molar-refractivity contribution in [2.24, 2.45) is 0 Å². The number of benzene rings is 2. The maximum absolute atomic E-state index is 13.5. The summed E-state index contributed by atoms with van der Waals surface area (Å²) in [7, 11) is 3.27. The number of nitrogens with zero attached hydrogens (tertiary/aromatic N) is 1. The van der Waals surface area contributed by atoms with Crippen molar-refractivity contribution in [1.82, 2.24) is 10.2 Å². The molecule has 8 heteroatoms. The number of nitrogens with one attached hydrogen (secondary N) is 2. The van der Waals surface area contributed by atoms with Crippen LogP contribution in [0.15, 0.2) is 49.1 Å². The Labute approximate surface area is 198 Å². The maximum atomic E-state index is 13.5. The predicted octanol–water partition coefficient (Wildman–Crippen LogP) is 4.85. The van der Waals surface area contributed by atoms with E-state index in [1.165, 1.54) is 11.6 Å². The maximum Gasteiger partial charge on any atom is 0.319 e. The van der Waals surface area contributed by atoms with Gasteiger partial charge in [0.05, 0.1) is 14.2 Å². The average molecular weight is 472 g/mol. The quantitative estimate of drug-likeness (QED) is 0.567. The van der Waals surface area contributed by atoms with E-state index in [4.69, 9.17) is 9.47 Å². The molecule has 182 valence electrons. The van der Waals surface area contributed by atoms with Gasteiger partial charge >= 0.3 is 6.03 Å². The number of rotatable bonds is 7. The number of methoxy groups -OCH3 is 2. The van der Waals surface area contributed by atoms with Crippen LogP contribution in [0.25, 0.3) is 0 Å². The molecule has 2 aromatic carbocycles. The van der Waals surface area contributed by atoms with Crippen LogP contribution in [0.1, 0.15) is 31.2 Å².